The van der Waals surface area contributed by atoms with E-state index < -0.39 is 5.60 Å². The summed E-state index contributed by atoms with van der Waals surface area (Å²) in [6.07, 6.45) is 3.26. The first-order chi connectivity index (χ1) is 10.3. The number of halogens is 1. The van der Waals surface area contributed by atoms with E-state index in [1.165, 1.54) is 21.5 Å². The molecular weight excluding hydrogens is 364 g/mol. The van der Waals surface area contributed by atoms with Gasteiger partial charge in [-0.15, -0.1) is 11.3 Å². The molecule has 2 rings (SSSR count). The fraction of sp³-hybridized carbons (Fsp3) is 0.688. The Hall–Kier alpha value is -0.590. The molecule has 2 heterocycles. The third-order valence-electron chi connectivity index (χ3n) is 3.62. The number of thiophene rings is 1. The molecule has 1 aliphatic heterocycles. The molecule has 1 aliphatic rings. The highest BCUT2D eigenvalue weighted by molar-refractivity contribution is 9.11. The smallest absolute Gasteiger partial charge is 0.407 e. The molecule has 4 nitrogen and oxygen atoms in total. The predicted molar refractivity (Wildman–Crippen MR) is 94.3 cm³/mol. The lowest BCUT2D eigenvalue weighted by Gasteiger charge is -2.35. The number of hydrogen-bond donors (Lipinski definition) is 1. The number of carbonyl (C=O) groups excluding carboxylic acids is 1. The van der Waals surface area contributed by atoms with Crippen LogP contribution in [0.4, 0.5) is 4.79 Å². The maximum atomic E-state index is 11.8. The zero-order valence-electron chi connectivity index (χ0n) is 13.5. The summed E-state index contributed by atoms with van der Waals surface area (Å²) in [5, 5.41) is 2.92. The molecule has 1 aromatic heterocycles. The van der Waals surface area contributed by atoms with Gasteiger partial charge in [0.2, 0.25) is 0 Å². The van der Waals surface area contributed by atoms with Gasteiger partial charge in [-0.1, -0.05) is 6.42 Å². The molecule has 6 heteroatoms. The summed E-state index contributed by atoms with van der Waals surface area (Å²) in [6.45, 7) is 8.35. The molecule has 1 N–H and O–H groups in total. The molecule has 22 heavy (non-hydrogen) atoms. The van der Waals surface area contributed by atoms with Crippen molar-refractivity contribution in [1.29, 1.82) is 0 Å². The monoisotopic (exact) mass is 388 g/mol. The van der Waals surface area contributed by atoms with Gasteiger partial charge in [0.25, 0.3) is 0 Å². The minimum atomic E-state index is -0.445. The molecule has 0 radical (unpaired) electrons. The second-order valence-electron chi connectivity index (χ2n) is 6.71. The van der Waals surface area contributed by atoms with Crippen LogP contribution in [-0.4, -0.2) is 35.7 Å². The predicted octanol–water partition coefficient (Wildman–Crippen LogP) is 4.39. The van der Waals surface area contributed by atoms with Crippen LogP contribution >= 0.6 is 27.3 Å². The van der Waals surface area contributed by atoms with Crippen LogP contribution in [0, 0.1) is 0 Å². The van der Waals surface area contributed by atoms with Crippen molar-refractivity contribution in [3.63, 3.8) is 0 Å². The summed E-state index contributed by atoms with van der Waals surface area (Å²) in [6, 6.07) is 4.65. The average molecular weight is 389 g/mol. The second-order valence-corrected chi connectivity index (χ2v) is 9.26. The van der Waals surface area contributed by atoms with Gasteiger partial charge in [0.1, 0.15) is 5.60 Å². The lowest BCUT2D eigenvalue weighted by Crippen LogP contribution is -2.47. The van der Waals surface area contributed by atoms with Crippen molar-refractivity contribution in [3.05, 3.63) is 20.8 Å². The number of rotatable bonds is 4. The van der Waals surface area contributed by atoms with Crippen LogP contribution in [0.2, 0.25) is 0 Å². The van der Waals surface area contributed by atoms with Gasteiger partial charge >= 0.3 is 6.09 Å². The number of ether oxygens (including phenoxy) is 1. The SMILES string of the molecule is CC(C)(C)OC(=O)NCC1CCCCN1Cc1ccc(Br)s1. The summed E-state index contributed by atoms with van der Waals surface area (Å²) in [5.41, 5.74) is -0.445. The third kappa shape index (κ3) is 5.89. The van der Waals surface area contributed by atoms with Gasteiger partial charge < -0.3 is 10.1 Å². The molecule has 1 atom stereocenters. The van der Waals surface area contributed by atoms with E-state index in [9.17, 15) is 4.79 Å². The molecule has 0 aliphatic carbocycles. The standard InChI is InChI=1S/C16H25BrN2O2S/c1-16(2,3)21-15(20)18-10-12-6-4-5-9-19(12)11-13-7-8-14(17)22-13/h7-8,12H,4-6,9-11H2,1-3H3,(H,18,20). The summed E-state index contributed by atoms with van der Waals surface area (Å²) in [7, 11) is 0. The Morgan fingerprint density at radius 2 is 2.23 bits per heavy atom. The van der Waals surface area contributed by atoms with Crippen LogP contribution in [0.3, 0.4) is 0 Å². The molecule has 0 bridgehead atoms. The van der Waals surface area contributed by atoms with E-state index in [2.05, 4.69) is 38.3 Å². The van der Waals surface area contributed by atoms with Crippen molar-refractivity contribution in [2.75, 3.05) is 13.1 Å². The highest BCUT2D eigenvalue weighted by Gasteiger charge is 2.24. The largest absolute Gasteiger partial charge is 0.444 e. The molecule has 124 valence electrons. The van der Waals surface area contributed by atoms with Gasteiger partial charge in [-0.25, -0.2) is 4.79 Å². The number of piperidine rings is 1. The number of nitrogens with zero attached hydrogens (tertiary/aromatic N) is 1. The summed E-state index contributed by atoms with van der Waals surface area (Å²) >= 11 is 5.29. The number of likely N-dealkylation sites (tertiary alicyclic amines) is 1. The second kappa shape index (κ2) is 7.79. The van der Waals surface area contributed by atoms with Gasteiger partial charge in [0, 0.05) is 24.0 Å². The Morgan fingerprint density at radius 3 is 2.86 bits per heavy atom. The topological polar surface area (TPSA) is 41.6 Å². The summed E-state index contributed by atoms with van der Waals surface area (Å²) in [5.74, 6) is 0. The van der Waals surface area contributed by atoms with E-state index in [1.807, 2.05) is 20.8 Å². The molecule has 0 aromatic carbocycles. The van der Waals surface area contributed by atoms with E-state index >= 15 is 0 Å². The molecule has 0 saturated carbocycles. The highest BCUT2D eigenvalue weighted by Crippen LogP contribution is 2.26. The average Bonchev–Trinajstić information content (AvgIpc) is 2.81. The zero-order valence-corrected chi connectivity index (χ0v) is 15.9. The quantitative estimate of drug-likeness (QED) is 0.831. The van der Waals surface area contributed by atoms with Gasteiger partial charge in [-0.3, -0.25) is 4.90 Å². The van der Waals surface area contributed by atoms with Gasteiger partial charge in [0.05, 0.1) is 3.79 Å². The van der Waals surface area contributed by atoms with Crippen LogP contribution < -0.4 is 5.32 Å². The summed E-state index contributed by atoms with van der Waals surface area (Å²) < 4.78 is 6.48. The number of alkyl carbamates (subject to hydrolysis) is 1. The van der Waals surface area contributed by atoms with Crippen molar-refractivity contribution < 1.29 is 9.53 Å². The lowest BCUT2D eigenvalue weighted by atomic mass is 10.0. The Morgan fingerprint density at radius 1 is 1.45 bits per heavy atom. The van der Waals surface area contributed by atoms with Crippen LogP contribution in [-0.2, 0) is 11.3 Å². The normalized spacial score (nSPS) is 19.9. The Bertz CT molecular complexity index is 499. The van der Waals surface area contributed by atoms with Crippen molar-refractivity contribution >= 4 is 33.4 Å². The lowest BCUT2D eigenvalue weighted by molar-refractivity contribution is 0.0492. The third-order valence-corrected chi connectivity index (χ3v) is 5.23. The highest BCUT2D eigenvalue weighted by atomic mass is 79.9. The minimum absolute atomic E-state index is 0.322. The van der Waals surface area contributed by atoms with Gasteiger partial charge in [-0.2, -0.15) is 0 Å². The maximum absolute atomic E-state index is 11.8. The molecule has 1 fully saturated rings. The van der Waals surface area contributed by atoms with Crippen LogP contribution in [0.15, 0.2) is 15.9 Å². The molecule has 1 saturated heterocycles. The van der Waals surface area contributed by atoms with Crippen LogP contribution in [0.5, 0.6) is 0 Å². The van der Waals surface area contributed by atoms with Crippen molar-refractivity contribution in [2.24, 2.45) is 0 Å². The van der Waals surface area contributed by atoms with E-state index in [0.29, 0.717) is 12.6 Å². The van der Waals surface area contributed by atoms with Crippen molar-refractivity contribution in [3.8, 4) is 0 Å². The first kappa shape index (κ1) is 17.8. The Kier molecular flexibility index (Phi) is 6.29. The fourth-order valence-electron chi connectivity index (χ4n) is 2.65. The van der Waals surface area contributed by atoms with Crippen LogP contribution in [0.25, 0.3) is 0 Å². The first-order valence-corrected chi connectivity index (χ1v) is 9.39. The summed E-state index contributed by atoms with van der Waals surface area (Å²) in [4.78, 5) is 15.6. The first-order valence-electron chi connectivity index (χ1n) is 7.78. The fourth-order valence-corrected chi connectivity index (χ4v) is 4.16. The van der Waals surface area contributed by atoms with Gasteiger partial charge in [-0.05, 0) is 68.2 Å². The maximum Gasteiger partial charge on any atom is 0.407 e. The number of hydrogen-bond acceptors (Lipinski definition) is 4. The number of carbonyl (C=O) groups is 1. The van der Waals surface area contributed by atoms with Gasteiger partial charge in [0.15, 0.2) is 0 Å². The van der Waals surface area contributed by atoms with E-state index in [0.717, 1.165) is 19.5 Å². The molecule has 1 amide bonds. The van der Waals surface area contributed by atoms with E-state index in [1.54, 1.807) is 11.3 Å². The van der Waals surface area contributed by atoms with E-state index in [-0.39, 0.29) is 6.09 Å². The Balaban J connectivity index is 1.85. The molecule has 1 aromatic rings. The van der Waals surface area contributed by atoms with E-state index in [4.69, 9.17) is 4.74 Å². The molecule has 1 unspecified atom stereocenters. The van der Waals surface area contributed by atoms with Crippen molar-refractivity contribution in [1.82, 2.24) is 10.2 Å². The van der Waals surface area contributed by atoms with Crippen LogP contribution in [0.1, 0.15) is 44.9 Å². The minimum Gasteiger partial charge on any atom is -0.444 e. The van der Waals surface area contributed by atoms with Crippen molar-refractivity contribution in [2.45, 2.75) is 58.2 Å². The Labute approximate surface area is 145 Å². The zero-order chi connectivity index (χ0) is 16.2. The molecular formula is C16H25BrN2O2S. The molecule has 0 spiro atoms. The number of amides is 1. The number of nitrogens with one attached hydrogen (secondary N) is 1.